The number of thiazole rings is 1. The van der Waals surface area contributed by atoms with Gasteiger partial charge in [0.2, 0.25) is 0 Å². The van der Waals surface area contributed by atoms with Crippen LogP contribution in [0.4, 0.5) is 0 Å². The zero-order valence-corrected chi connectivity index (χ0v) is 11.7. The molecule has 0 aliphatic heterocycles. The van der Waals surface area contributed by atoms with E-state index in [1.54, 1.807) is 0 Å². The minimum atomic E-state index is 0.747. The standard InChI is InChI=1S/C12H20N2S2/c1-9(7-15-2)5-13-6-11-8-16-12(14-11)10-3-4-10/h8-10,13H,3-7H2,1-2H3. The van der Waals surface area contributed by atoms with Crippen LogP contribution >= 0.6 is 23.1 Å². The van der Waals surface area contributed by atoms with Gasteiger partial charge in [-0.05, 0) is 37.3 Å². The van der Waals surface area contributed by atoms with Crippen LogP contribution in [0.1, 0.15) is 36.4 Å². The SMILES string of the molecule is CSCC(C)CNCc1csc(C2CC2)n1. The van der Waals surface area contributed by atoms with E-state index >= 15 is 0 Å². The van der Waals surface area contributed by atoms with Crippen LogP contribution < -0.4 is 5.32 Å². The third kappa shape index (κ3) is 3.75. The number of hydrogen-bond donors (Lipinski definition) is 1. The largest absolute Gasteiger partial charge is 0.311 e. The smallest absolute Gasteiger partial charge is 0.0959 e. The average molecular weight is 256 g/mol. The van der Waals surface area contributed by atoms with Crippen molar-refractivity contribution in [3.8, 4) is 0 Å². The molecular formula is C12H20N2S2. The second-order valence-electron chi connectivity index (χ2n) is 4.64. The van der Waals surface area contributed by atoms with E-state index < -0.39 is 0 Å². The Morgan fingerprint density at radius 1 is 1.62 bits per heavy atom. The highest BCUT2D eigenvalue weighted by atomic mass is 32.2. The van der Waals surface area contributed by atoms with Crippen LogP contribution in [0.2, 0.25) is 0 Å². The molecule has 1 fully saturated rings. The maximum Gasteiger partial charge on any atom is 0.0959 e. The molecule has 16 heavy (non-hydrogen) atoms. The molecule has 0 saturated heterocycles. The van der Waals surface area contributed by atoms with E-state index in [1.807, 2.05) is 23.1 Å². The summed E-state index contributed by atoms with van der Waals surface area (Å²) in [6.45, 7) is 4.32. The van der Waals surface area contributed by atoms with Crippen molar-refractivity contribution < 1.29 is 0 Å². The number of hydrogen-bond acceptors (Lipinski definition) is 4. The third-order valence-corrected chi connectivity index (χ3v) is 4.70. The van der Waals surface area contributed by atoms with Crippen molar-refractivity contribution in [3.05, 3.63) is 16.1 Å². The van der Waals surface area contributed by atoms with Gasteiger partial charge in [-0.1, -0.05) is 6.92 Å². The van der Waals surface area contributed by atoms with Gasteiger partial charge in [0.05, 0.1) is 10.7 Å². The van der Waals surface area contributed by atoms with E-state index in [2.05, 4.69) is 28.9 Å². The normalized spacial score (nSPS) is 17.6. The molecule has 1 aromatic rings. The van der Waals surface area contributed by atoms with Gasteiger partial charge in [0, 0.05) is 17.8 Å². The minimum absolute atomic E-state index is 0.747. The lowest BCUT2D eigenvalue weighted by atomic mass is 10.2. The van der Waals surface area contributed by atoms with Crippen molar-refractivity contribution in [2.75, 3.05) is 18.6 Å². The molecule has 2 nitrogen and oxygen atoms in total. The molecule has 1 aliphatic rings. The fraction of sp³-hybridized carbons (Fsp3) is 0.750. The Balaban J connectivity index is 1.68. The molecule has 1 aromatic heterocycles. The molecule has 0 radical (unpaired) electrons. The van der Waals surface area contributed by atoms with Gasteiger partial charge in [0.1, 0.15) is 0 Å². The Hall–Kier alpha value is -0.0600. The van der Waals surface area contributed by atoms with Crippen molar-refractivity contribution in [2.24, 2.45) is 5.92 Å². The Morgan fingerprint density at radius 2 is 2.44 bits per heavy atom. The predicted octanol–water partition coefficient (Wildman–Crippen LogP) is 3.11. The van der Waals surface area contributed by atoms with Crippen molar-refractivity contribution in [3.63, 3.8) is 0 Å². The van der Waals surface area contributed by atoms with Crippen molar-refractivity contribution >= 4 is 23.1 Å². The number of nitrogens with zero attached hydrogens (tertiary/aromatic N) is 1. The number of rotatable bonds is 7. The van der Waals surface area contributed by atoms with E-state index in [9.17, 15) is 0 Å². The summed E-state index contributed by atoms with van der Waals surface area (Å²) in [5, 5.41) is 7.05. The predicted molar refractivity (Wildman–Crippen MR) is 73.3 cm³/mol. The van der Waals surface area contributed by atoms with Gasteiger partial charge in [-0.3, -0.25) is 0 Å². The topological polar surface area (TPSA) is 24.9 Å². The molecule has 0 spiro atoms. The molecule has 0 aromatic carbocycles. The maximum atomic E-state index is 4.67. The van der Waals surface area contributed by atoms with Crippen LogP contribution in [0.25, 0.3) is 0 Å². The van der Waals surface area contributed by atoms with Gasteiger partial charge >= 0.3 is 0 Å². The Bertz CT molecular complexity index is 321. The van der Waals surface area contributed by atoms with Gasteiger partial charge in [-0.15, -0.1) is 11.3 Å². The first-order valence-corrected chi connectivity index (χ1v) is 8.21. The summed E-state index contributed by atoms with van der Waals surface area (Å²) in [5.74, 6) is 2.78. The highest BCUT2D eigenvalue weighted by Gasteiger charge is 2.26. The van der Waals surface area contributed by atoms with E-state index in [0.29, 0.717) is 0 Å². The zero-order valence-electron chi connectivity index (χ0n) is 10.0. The maximum absolute atomic E-state index is 4.67. The molecule has 1 atom stereocenters. The van der Waals surface area contributed by atoms with Gasteiger partial charge in [-0.2, -0.15) is 11.8 Å². The first-order valence-electron chi connectivity index (χ1n) is 5.93. The van der Waals surface area contributed by atoms with E-state index in [4.69, 9.17) is 0 Å². The fourth-order valence-electron chi connectivity index (χ4n) is 1.71. The Labute approximate surface area is 106 Å². The van der Waals surface area contributed by atoms with Crippen molar-refractivity contribution in [1.29, 1.82) is 0 Å². The lowest BCUT2D eigenvalue weighted by Gasteiger charge is -2.09. The molecule has 4 heteroatoms. The molecule has 0 amide bonds. The lowest BCUT2D eigenvalue weighted by molar-refractivity contribution is 0.555. The Kier molecular flexibility index (Phi) is 4.67. The summed E-state index contributed by atoms with van der Waals surface area (Å²) in [7, 11) is 0. The van der Waals surface area contributed by atoms with Gasteiger partial charge in [0.15, 0.2) is 0 Å². The quantitative estimate of drug-likeness (QED) is 0.811. The summed E-state index contributed by atoms with van der Waals surface area (Å²) >= 11 is 3.75. The Morgan fingerprint density at radius 3 is 3.12 bits per heavy atom. The molecule has 1 N–H and O–H groups in total. The number of nitrogens with one attached hydrogen (secondary N) is 1. The molecule has 0 bridgehead atoms. The molecule has 90 valence electrons. The number of thioether (sulfide) groups is 1. The van der Waals surface area contributed by atoms with Crippen LogP contribution in [0, 0.1) is 5.92 Å². The van der Waals surface area contributed by atoms with Crippen LogP contribution in [-0.2, 0) is 6.54 Å². The molecule has 1 saturated carbocycles. The monoisotopic (exact) mass is 256 g/mol. The van der Waals surface area contributed by atoms with E-state index in [-0.39, 0.29) is 0 Å². The molecule has 2 rings (SSSR count). The first-order chi connectivity index (χ1) is 7.79. The molecule has 1 heterocycles. The second-order valence-corrected chi connectivity index (χ2v) is 6.44. The summed E-state index contributed by atoms with van der Waals surface area (Å²) < 4.78 is 0. The van der Waals surface area contributed by atoms with Gasteiger partial charge < -0.3 is 5.32 Å². The molecule has 1 aliphatic carbocycles. The van der Waals surface area contributed by atoms with E-state index in [0.717, 1.165) is 24.9 Å². The molecule has 1 unspecified atom stereocenters. The third-order valence-electron chi connectivity index (χ3n) is 2.75. The van der Waals surface area contributed by atoms with Crippen LogP contribution in [-0.4, -0.2) is 23.5 Å². The lowest BCUT2D eigenvalue weighted by Crippen LogP contribution is -2.22. The first kappa shape index (κ1) is 12.4. The summed E-state index contributed by atoms with van der Waals surface area (Å²) in [6.07, 6.45) is 4.87. The molecular weight excluding hydrogens is 236 g/mol. The highest BCUT2D eigenvalue weighted by Crippen LogP contribution is 2.41. The van der Waals surface area contributed by atoms with E-state index in [1.165, 1.54) is 29.3 Å². The summed E-state index contributed by atoms with van der Waals surface area (Å²) in [4.78, 5) is 4.67. The van der Waals surface area contributed by atoms with Crippen LogP contribution in [0.3, 0.4) is 0 Å². The van der Waals surface area contributed by atoms with Crippen LogP contribution in [0.15, 0.2) is 5.38 Å². The van der Waals surface area contributed by atoms with Crippen molar-refractivity contribution in [2.45, 2.75) is 32.2 Å². The zero-order chi connectivity index (χ0) is 11.4. The summed E-state index contributed by atoms with van der Waals surface area (Å²) in [6, 6.07) is 0. The average Bonchev–Trinajstić information content (AvgIpc) is 3.00. The fourth-order valence-corrected chi connectivity index (χ4v) is 3.39. The van der Waals surface area contributed by atoms with Gasteiger partial charge in [0.25, 0.3) is 0 Å². The van der Waals surface area contributed by atoms with Crippen molar-refractivity contribution in [1.82, 2.24) is 10.3 Å². The van der Waals surface area contributed by atoms with Gasteiger partial charge in [-0.25, -0.2) is 4.98 Å². The van der Waals surface area contributed by atoms with Crippen LogP contribution in [0.5, 0.6) is 0 Å². The minimum Gasteiger partial charge on any atom is -0.311 e. The second kappa shape index (κ2) is 6.03. The summed E-state index contributed by atoms with van der Waals surface area (Å²) in [5.41, 5.74) is 1.23. The number of aromatic nitrogens is 1. The highest BCUT2D eigenvalue weighted by molar-refractivity contribution is 7.98.